The van der Waals surface area contributed by atoms with Gasteiger partial charge in [0.25, 0.3) is 0 Å². The molecule has 1 rings (SSSR count). The van der Waals surface area contributed by atoms with E-state index in [4.69, 9.17) is 10.0 Å². The van der Waals surface area contributed by atoms with Crippen molar-refractivity contribution >= 4 is 47.1 Å². The van der Waals surface area contributed by atoms with Crippen molar-refractivity contribution in [2.24, 2.45) is 0 Å². The number of halogens is 1. The summed E-state index contributed by atoms with van der Waals surface area (Å²) in [5.74, 6) is -0.597. The number of esters is 1. The van der Waals surface area contributed by atoms with Crippen LogP contribution in [0.15, 0.2) is 6.07 Å². The minimum Gasteiger partial charge on any atom is -0.464 e. The zero-order valence-corrected chi connectivity index (χ0v) is 10.3. The lowest BCUT2D eigenvalue weighted by atomic mass is 9.86. The number of carbonyl (C=O) groups is 1. The van der Waals surface area contributed by atoms with E-state index in [9.17, 15) is 4.79 Å². The smallest absolute Gasteiger partial charge is 0.464 e. The third kappa shape index (κ3) is 2.44. The van der Waals surface area contributed by atoms with Gasteiger partial charge in [-0.1, -0.05) is 0 Å². The van der Waals surface area contributed by atoms with Gasteiger partial charge in [-0.15, -0.1) is 0 Å². The summed E-state index contributed by atoms with van der Waals surface area (Å²) >= 11 is 2.02. The predicted octanol–water partition coefficient (Wildman–Crippen LogP) is -0.859. The number of methoxy groups -OCH3 is 1. The van der Waals surface area contributed by atoms with Gasteiger partial charge >= 0.3 is 13.1 Å². The minimum atomic E-state index is -1.64. The van der Waals surface area contributed by atoms with E-state index < -0.39 is 13.1 Å². The van der Waals surface area contributed by atoms with Crippen LogP contribution in [-0.2, 0) is 4.74 Å². The Morgan fingerprint density at radius 2 is 2.43 bits per heavy atom. The average Bonchev–Trinajstić information content (AvgIpc) is 2.60. The SMILES string of the molecule is COC(=O)c1cc(B(O)O)n(PI)n1. The Hall–Kier alpha value is -0.175. The molecule has 0 saturated heterocycles. The van der Waals surface area contributed by atoms with Crippen molar-refractivity contribution in [3.8, 4) is 0 Å². The number of aromatic nitrogens is 2. The van der Waals surface area contributed by atoms with Gasteiger partial charge in [0.15, 0.2) is 5.69 Å². The molecule has 76 valence electrons. The fraction of sp³-hybridized carbons (Fsp3) is 0.200. The van der Waals surface area contributed by atoms with E-state index >= 15 is 0 Å². The Morgan fingerprint density at radius 1 is 1.79 bits per heavy atom. The maximum absolute atomic E-state index is 11.1. The van der Waals surface area contributed by atoms with E-state index in [0.29, 0.717) is 0 Å². The molecule has 0 aliphatic rings. The van der Waals surface area contributed by atoms with Gasteiger partial charge in [0.05, 0.1) is 19.1 Å². The van der Waals surface area contributed by atoms with Crippen LogP contribution in [0.1, 0.15) is 10.5 Å². The Kier molecular flexibility index (Phi) is 4.30. The normalized spacial score (nSPS) is 10.9. The summed E-state index contributed by atoms with van der Waals surface area (Å²) in [5.41, 5.74) is 0.248. The number of carbonyl (C=O) groups excluding carboxylic acids is 1. The van der Waals surface area contributed by atoms with Gasteiger partial charge in [-0.2, -0.15) is 5.10 Å². The average molecular weight is 328 g/mol. The highest BCUT2D eigenvalue weighted by Crippen LogP contribution is 2.21. The molecule has 0 saturated carbocycles. The number of ether oxygens (including phenoxy) is 1. The molecule has 1 heterocycles. The largest absolute Gasteiger partial charge is 0.508 e. The zero-order valence-electron chi connectivity index (χ0n) is 7.14. The van der Waals surface area contributed by atoms with Crippen molar-refractivity contribution in [2.75, 3.05) is 7.11 Å². The third-order valence-electron chi connectivity index (χ3n) is 1.48. The Balaban J connectivity index is 3.06. The van der Waals surface area contributed by atoms with Gasteiger partial charge in [0.1, 0.15) is 0 Å². The van der Waals surface area contributed by atoms with Crippen LogP contribution in [0.25, 0.3) is 0 Å². The molecule has 1 atom stereocenters. The van der Waals surface area contributed by atoms with Crippen molar-refractivity contribution in [1.82, 2.24) is 9.55 Å². The van der Waals surface area contributed by atoms with Crippen molar-refractivity contribution in [1.29, 1.82) is 0 Å². The Bertz CT molecular complexity index is 344. The van der Waals surface area contributed by atoms with Crippen molar-refractivity contribution in [3.05, 3.63) is 11.8 Å². The van der Waals surface area contributed by atoms with Gasteiger partial charge in [0, 0.05) is 0 Å². The second kappa shape index (κ2) is 5.06. The third-order valence-corrected chi connectivity index (χ3v) is 3.37. The number of hydrogen-bond acceptors (Lipinski definition) is 5. The molecule has 0 amide bonds. The van der Waals surface area contributed by atoms with Gasteiger partial charge < -0.3 is 14.8 Å². The highest BCUT2D eigenvalue weighted by molar-refractivity contribution is 14.2. The summed E-state index contributed by atoms with van der Waals surface area (Å²) in [4.78, 5) is 11.1. The molecule has 0 aliphatic heterocycles. The topological polar surface area (TPSA) is 84.6 Å². The van der Waals surface area contributed by atoms with E-state index in [1.165, 1.54) is 17.6 Å². The molecule has 1 unspecified atom stereocenters. The van der Waals surface area contributed by atoms with Crippen LogP contribution in [0.3, 0.4) is 0 Å². The summed E-state index contributed by atoms with van der Waals surface area (Å²) in [5, 5.41) is 21.7. The van der Waals surface area contributed by atoms with Crippen molar-refractivity contribution < 1.29 is 19.6 Å². The van der Waals surface area contributed by atoms with Crippen LogP contribution in [0, 0.1) is 0 Å². The van der Waals surface area contributed by atoms with Crippen LogP contribution >= 0.6 is 28.4 Å². The highest BCUT2D eigenvalue weighted by atomic mass is 127. The van der Waals surface area contributed by atoms with Gasteiger partial charge in [-0.05, 0) is 28.1 Å². The summed E-state index contributed by atoms with van der Waals surface area (Å²) in [6, 6.07) is 1.29. The van der Waals surface area contributed by atoms with Crippen LogP contribution < -0.4 is 5.59 Å². The molecule has 0 bridgehead atoms. The Morgan fingerprint density at radius 3 is 2.79 bits per heavy atom. The van der Waals surface area contributed by atoms with Crippen LogP contribution in [0.5, 0.6) is 0 Å². The summed E-state index contributed by atoms with van der Waals surface area (Å²) < 4.78 is 5.80. The fourth-order valence-corrected chi connectivity index (χ4v) is 2.43. The first kappa shape index (κ1) is 11.9. The fourth-order valence-electron chi connectivity index (χ4n) is 0.851. The lowest BCUT2D eigenvalue weighted by Crippen LogP contribution is -2.34. The number of nitrogens with zero attached hydrogens (tertiary/aromatic N) is 2. The first-order valence-corrected chi connectivity index (χ1v) is 7.57. The standard InChI is InChI=1S/C5H7BIN2O4P/c1-13-5(10)3-2-4(6(11)12)9(8-3)14-7/h2,11-12,14H,1H3. The molecule has 0 fully saturated rings. The second-order valence-electron chi connectivity index (χ2n) is 2.32. The maximum atomic E-state index is 11.1. The first-order chi connectivity index (χ1) is 6.60. The molecular weight excluding hydrogens is 321 g/mol. The first-order valence-electron chi connectivity index (χ1n) is 3.51. The summed E-state index contributed by atoms with van der Waals surface area (Å²) in [6.45, 7) is 0. The van der Waals surface area contributed by atoms with E-state index in [1.54, 1.807) is 0 Å². The monoisotopic (exact) mass is 328 g/mol. The summed E-state index contributed by atoms with van der Waals surface area (Å²) in [7, 11) is -0.397. The van der Waals surface area contributed by atoms with E-state index in [1.807, 2.05) is 22.0 Å². The van der Waals surface area contributed by atoms with E-state index in [-0.39, 0.29) is 17.7 Å². The lowest BCUT2D eigenvalue weighted by Gasteiger charge is -1.99. The molecule has 0 aromatic carbocycles. The van der Waals surface area contributed by atoms with E-state index in [0.717, 1.165) is 0 Å². The van der Waals surface area contributed by atoms with Crippen LogP contribution in [0.2, 0.25) is 0 Å². The number of rotatable bonds is 3. The van der Waals surface area contributed by atoms with Crippen molar-refractivity contribution in [3.63, 3.8) is 0 Å². The molecule has 2 N–H and O–H groups in total. The number of hydrogen-bond donors (Lipinski definition) is 2. The van der Waals surface area contributed by atoms with Crippen LogP contribution in [0.4, 0.5) is 0 Å². The van der Waals surface area contributed by atoms with Gasteiger partial charge in [0.2, 0.25) is 0 Å². The molecule has 0 spiro atoms. The molecule has 9 heteroatoms. The zero-order chi connectivity index (χ0) is 10.7. The molecule has 0 radical (unpaired) electrons. The van der Waals surface area contributed by atoms with Crippen molar-refractivity contribution in [2.45, 2.75) is 0 Å². The minimum absolute atomic E-state index is 0.0692. The molecule has 1 aromatic heterocycles. The molecule has 1 aromatic rings. The molecular formula is C5H7BIN2O4P. The van der Waals surface area contributed by atoms with Crippen LogP contribution in [-0.4, -0.2) is 39.8 Å². The second-order valence-corrected chi connectivity index (χ2v) is 4.36. The lowest BCUT2D eigenvalue weighted by molar-refractivity contribution is 0.0594. The molecule has 6 nitrogen and oxygen atoms in total. The van der Waals surface area contributed by atoms with E-state index in [2.05, 4.69) is 9.84 Å². The quantitative estimate of drug-likeness (QED) is 0.327. The Labute approximate surface area is 95.1 Å². The highest BCUT2D eigenvalue weighted by Gasteiger charge is 2.22. The maximum Gasteiger partial charge on any atom is 0.508 e. The van der Waals surface area contributed by atoms with Gasteiger partial charge in [-0.25, -0.2) is 9.25 Å². The van der Waals surface area contributed by atoms with Gasteiger partial charge in [-0.3, -0.25) is 0 Å². The summed E-state index contributed by atoms with van der Waals surface area (Å²) in [6.07, 6.45) is 0.184. The predicted molar refractivity (Wildman–Crippen MR) is 61.1 cm³/mol. The molecule has 0 aliphatic carbocycles. The molecule has 14 heavy (non-hydrogen) atoms.